The second-order valence-corrected chi connectivity index (χ2v) is 10.5. The molecule has 3 saturated carbocycles. The molecule has 0 aromatic carbocycles. The van der Waals surface area contributed by atoms with E-state index in [0.29, 0.717) is 31.3 Å². The Balaban J connectivity index is 1.65. The monoisotopic (exact) mass is 448 g/mol. The molecule has 0 aromatic heterocycles. The summed E-state index contributed by atoms with van der Waals surface area (Å²) < 4.78 is 22.0. The highest BCUT2D eigenvalue weighted by molar-refractivity contribution is 6.01. The lowest BCUT2D eigenvalue weighted by atomic mass is 9.44. The summed E-state index contributed by atoms with van der Waals surface area (Å²) in [6, 6.07) is 0. The van der Waals surface area contributed by atoms with Crippen LogP contribution in [0.1, 0.15) is 65.7 Å². The quantitative estimate of drug-likeness (QED) is 0.627. The summed E-state index contributed by atoms with van der Waals surface area (Å²) in [5, 5.41) is 22.8. The number of carbonyl (C=O) groups is 3. The summed E-state index contributed by atoms with van der Waals surface area (Å²) in [6.45, 7) is 4.80. The van der Waals surface area contributed by atoms with Crippen molar-refractivity contribution in [1.29, 1.82) is 0 Å². The van der Waals surface area contributed by atoms with Crippen molar-refractivity contribution in [3.63, 3.8) is 0 Å². The number of aliphatic hydroxyl groups excluding tert-OH is 1. The maximum absolute atomic E-state index is 17.0. The third-order valence-electron chi connectivity index (χ3n) is 9.07. The minimum Gasteiger partial charge on any atom is -0.458 e. The Hall–Kier alpha value is -1.86. The van der Waals surface area contributed by atoms with Gasteiger partial charge in [0.15, 0.2) is 18.1 Å². The van der Waals surface area contributed by atoms with E-state index in [2.05, 4.69) is 0 Å². The molecule has 0 radical (unpaired) electrons. The van der Waals surface area contributed by atoms with Crippen molar-refractivity contribution < 1.29 is 33.7 Å². The van der Waals surface area contributed by atoms with Gasteiger partial charge in [-0.05, 0) is 63.5 Å². The van der Waals surface area contributed by atoms with Gasteiger partial charge < -0.3 is 14.9 Å². The Labute approximate surface area is 187 Å². The third kappa shape index (κ3) is 2.93. The van der Waals surface area contributed by atoms with E-state index in [0.717, 1.165) is 0 Å². The van der Waals surface area contributed by atoms with Crippen molar-refractivity contribution in [1.82, 2.24) is 0 Å². The fourth-order valence-electron chi connectivity index (χ4n) is 7.22. The van der Waals surface area contributed by atoms with Crippen LogP contribution in [0.5, 0.6) is 0 Å². The molecule has 0 heterocycles. The molecule has 7 heteroatoms. The van der Waals surface area contributed by atoms with Crippen LogP contribution >= 0.6 is 0 Å². The van der Waals surface area contributed by atoms with Gasteiger partial charge in [-0.3, -0.25) is 14.4 Å². The number of hydrogen-bond donors (Lipinski definition) is 2. The van der Waals surface area contributed by atoms with Gasteiger partial charge in [-0.1, -0.05) is 25.5 Å². The van der Waals surface area contributed by atoms with Crippen LogP contribution in [0.3, 0.4) is 0 Å². The highest BCUT2D eigenvalue weighted by Crippen LogP contribution is 2.69. The molecule has 4 aliphatic rings. The van der Waals surface area contributed by atoms with E-state index in [-0.39, 0.29) is 31.0 Å². The van der Waals surface area contributed by atoms with Crippen LogP contribution in [0, 0.1) is 22.7 Å². The zero-order valence-electron chi connectivity index (χ0n) is 19.0. The molecule has 0 aromatic rings. The maximum atomic E-state index is 17.0. The Morgan fingerprint density at radius 1 is 1.25 bits per heavy atom. The van der Waals surface area contributed by atoms with Gasteiger partial charge in [-0.25, -0.2) is 4.39 Å². The fourth-order valence-corrected chi connectivity index (χ4v) is 7.22. The number of fused-ring (bicyclic) bond motifs is 5. The van der Waals surface area contributed by atoms with Crippen molar-refractivity contribution >= 4 is 17.5 Å². The zero-order chi connectivity index (χ0) is 23.5. The van der Waals surface area contributed by atoms with Crippen molar-refractivity contribution in [3.8, 4) is 0 Å². The molecular weight excluding hydrogens is 415 g/mol. The number of halogens is 1. The normalized spacial score (nSPS) is 44.9. The highest BCUT2D eigenvalue weighted by atomic mass is 19.1. The molecule has 0 unspecified atom stereocenters. The molecule has 0 saturated heterocycles. The second-order valence-electron chi connectivity index (χ2n) is 10.5. The lowest BCUT2D eigenvalue weighted by molar-refractivity contribution is -0.217. The number of allylic oxidation sites excluding steroid dienone is 4. The van der Waals surface area contributed by atoms with E-state index in [1.54, 1.807) is 19.9 Å². The second kappa shape index (κ2) is 7.59. The molecule has 3 fully saturated rings. The summed E-state index contributed by atoms with van der Waals surface area (Å²) in [4.78, 5) is 36.7. The number of ketones is 2. The molecule has 6 nitrogen and oxygen atoms in total. The summed E-state index contributed by atoms with van der Waals surface area (Å²) >= 11 is 0. The predicted molar refractivity (Wildman–Crippen MR) is 114 cm³/mol. The minimum absolute atomic E-state index is 0.0829. The number of alkyl halides is 1. The third-order valence-corrected chi connectivity index (χ3v) is 9.07. The first-order valence-electron chi connectivity index (χ1n) is 11.7. The summed E-state index contributed by atoms with van der Waals surface area (Å²) in [5.41, 5.74) is -5.24. The van der Waals surface area contributed by atoms with Crippen molar-refractivity contribution in [2.75, 3.05) is 6.61 Å². The van der Waals surface area contributed by atoms with Crippen LogP contribution in [0.15, 0.2) is 23.8 Å². The molecule has 4 rings (SSSR count). The van der Waals surface area contributed by atoms with E-state index >= 15 is 4.39 Å². The lowest BCUT2D eigenvalue weighted by Gasteiger charge is -2.62. The molecule has 0 spiro atoms. The number of aliphatic hydroxyl groups is 2. The molecule has 0 amide bonds. The molecule has 32 heavy (non-hydrogen) atoms. The zero-order valence-corrected chi connectivity index (χ0v) is 19.0. The molecule has 4 aliphatic carbocycles. The smallest absolute Gasteiger partial charge is 0.306 e. The van der Waals surface area contributed by atoms with Crippen molar-refractivity contribution in [2.45, 2.75) is 83.1 Å². The van der Waals surface area contributed by atoms with E-state index in [1.807, 2.05) is 6.92 Å². The van der Waals surface area contributed by atoms with Gasteiger partial charge in [-0.2, -0.15) is 0 Å². The molecular formula is C25H33FO6. The Kier molecular flexibility index (Phi) is 5.53. The van der Waals surface area contributed by atoms with E-state index in [4.69, 9.17) is 4.74 Å². The first-order chi connectivity index (χ1) is 14.9. The minimum atomic E-state index is -2.00. The summed E-state index contributed by atoms with van der Waals surface area (Å²) in [5.74, 6) is -2.14. The summed E-state index contributed by atoms with van der Waals surface area (Å²) in [7, 11) is 0. The molecule has 2 N–H and O–H groups in total. The fraction of sp³-hybridized carbons (Fsp3) is 0.720. The highest BCUT2D eigenvalue weighted by Gasteiger charge is 2.74. The van der Waals surface area contributed by atoms with Crippen LogP contribution in [0.2, 0.25) is 0 Å². The lowest BCUT2D eigenvalue weighted by Crippen LogP contribution is -2.69. The molecule has 7 atom stereocenters. The van der Waals surface area contributed by atoms with Gasteiger partial charge in [0.05, 0.1) is 6.10 Å². The average Bonchev–Trinajstić information content (AvgIpc) is 3.00. The van der Waals surface area contributed by atoms with Crippen LogP contribution in [-0.4, -0.2) is 51.7 Å². The van der Waals surface area contributed by atoms with E-state index in [9.17, 15) is 24.6 Å². The molecule has 0 bridgehead atoms. The average molecular weight is 449 g/mol. The van der Waals surface area contributed by atoms with Crippen LogP contribution in [0.25, 0.3) is 0 Å². The van der Waals surface area contributed by atoms with Crippen LogP contribution in [0.4, 0.5) is 4.39 Å². The topological polar surface area (TPSA) is 101 Å². The number of hydrogen-bond acceptors (Lipinski definition) is 6. The largest absolute Gasteiger partial charge is 0.458 e. The number of carbonyl (C=O) groups excluding carboxylic acids is 3. The number of ether oxygens (including phenoxy) is 1. The molecule has 176 valence electrons. The first kappa shape index (κ1) is 23.3. The van der Waals surface area contributed by atoms with Crippen LogP contribution < -0.4 is 0 Å². The molecule has 0 aliphatic heterocycles. The van der Waals surface area contributed by atoms with E-state index in [1.165, 1.54) is 12.2 Å². The number of rotatable bonds is 5. The standard InChI is InChI=1S/C25H33FO6/c1-4-5-21(30)32-14-20(29)24(31)11-9-17-18-7-6-15-12-16(27)8-10-22(15,2)25(18,26)19(28)13-23(17,24)3/h8,10,12,17-19,28,31H,4-7,9,11,13-14H2,1-3H3/t17-,18-,19-,22-,23-,24-,25-/m0/s1. The number of Topliss-reactive ketones (excluding diaryl/α,β-unsaturated/α-hetero) is 1. The van der Waals surface area contributed by atoms with E-state index < -0.39 is 52.5 Å². The van der Waals surface area contributed by atoms with Gasteiger partial charge >= 0.3 is 5.97 Å². The first-order valence-corrected chi connectivity index (χ1v) is 11.7. The predicted octanol–water partition coefficient (Wildman–Crippen LogP) is 3.00. The van der Waals surface area contributed by atoms with Crippen molar-refractivity contribution in [3.05, 3.63) is 23.8 Å². The van der Waals surface area contributed by atoms with Gasteiger partial charge in [0.25, 0.3) is 0 Å². The van der Waals surface area contributed by atoms with Gasteiger partial charge in [0, 0.05) is 23.2 Å². The Bertz CT molecular complexity index is 910. The van der Waals surface area contributed by atoms with Gasteiger partial charge in [-0.15, -0.1) is 0 Å². The van der Waals surface area contributed by atoms with Crippen molar-refractivity contribution in [2.24, 2.45) is 22.7 Å². The van der Waals surface area contributed by atoms with Gasteiger partial charge in [0.1, 0.15) is 5.60 Å². The SMILES string of the molecule is CCCC(=O)OCC(=O)[C@@]1(O)CC[C@H]2[C@@H]3CCC4=CC(=O)C=C[C@]4(C)[C@@]3(F)[C@@H](O)C[C@@]21C. The maximum Gasteiger partial charge on any atom is 0.306 e. The van der Waals surface area contributed by atoms with Gasteiger partial charge in [0.2, 0.25) is 5.78 Å². The van der Waals surface area contributed by atoms with Crippen LogP contribution in [-0.2, 0) is 19.1 Å². The summed E-state index contributed by atoms with van der Waals surface area (Å²) in [6.07, 6.45) is 5.29. The number of esters is 1. The Morgan fingerprint density at radius 2 is 1.97 bits per heavy atom. The Morgan fingerprint density at radius 3 is 2.66 bits per heavy atom.